The van der Waals surface area contributed by atoms with Gasteiger partial charge in [0.05, 0.1) is 19.8 Å². The largest absolute Gasteiger partial charge is 0.494 e. The number of hydrogen-bond acceptors (Lipinski definition) is 5. The highest BCUT2D eigenvalue weighted by Crippen LogP contribution is 2.14. The van der Waals surface area contributed by atoms with Gasteiger partial charge in [0.1, 0.15) is 5.75 Å². The van der Waals surface area contributed by atoms with Gasteiger partial charge in [-0.25, -0.2) is 0 Å². The number of carbonyl (C=O) groups is 1. The van der Waals surface area contributed by atoms with E-state index in [2.05, 4.69) is 15.1 Å². The van der Waals surface area contributed by atoms with Gasteiger partial charge in [-0.1, -0.05) is 0 Å². The second-order valence-corrected chi connectivity index (χ2v) is 6.67. The average Bonchev–Trinajstić information content (AvgIpc) is 3.09. The first-order chi connectivity index (χ1) is 12.2. The number of morpholine rings is 1. The van der Waals surface area contributed by atoms with Crippen LogP contribution in [0.2, 0.25) is 0 Å². The zero-order valence-electron chi connectivity index (χ0n) is 15.1. The number of hydrogen-bond donors (Lipinski definition) is 1. The quantitative estimate of drug-likeness (QED) is 0.804. The lowest BCUT2D eigenvalue weighted by Gasteiger charge is -2.28. The summed E-state index contributed by atoms with van der Waals surface area (Å²) in [6.07, 6.45) is 1.02. The van der Waals surface area contributed by atoms with Crippen molar-refractivity contribution in [2.75, 3.05) is 59.1 Å². The van der Waals surface area contributed by atoms with Gasteiger partial charge in [-0.3, -0.25) is 14.6 Å². The van der Waals surface area contributed by atoms with Gasteiger partial charge in [-0.15, -0.1) is 0 Å². The number of nitrogens with zero attached hydrogens (tertiary/aromatic N) is 2. The fraction of sp³-hybridized carbons (Fsp3) is 0.632. The van der Waals surface area contributed by atoms with E-state index in [1.807, 2.05) is 31.2 Å². The first kappa shape index (κ1) is 18.2. The van der Waals surface area contributed by atoms with E-state index in [1.54, 1.807) is 0 Å². The second-order valence-electron chi connectivity index (χ2n) is 6.67. The maximum Gasteiger partial charge on any atom is 0.251 e. The van der Waals surface area contributed by atoms with Crippen LogP contribution in [0.1, 0.15) is 23.7 Å². The van der Waals surface area contributed by atoms with Crippen molar-refractivity contribution in [3.8, 4) is 5.75 Å². The first-order valence-electron chi connectivity index (χ1n) is 9.31. The van der Waals surface area contributed by atoms with Crippen molar-refractivity contribution in [2.45, 2.75) is 19.4 Å². The Morgan fingerprint density at radius 3 is 2.60 bits per heavy atom. The molecule has 0 aliphatic carbocycles. The Kier molecular flexibility index (Phi) is 6.67. The van der Waals surface area contributed by atoms with Crippen LogP contribution in [0.4, 0.5) is 0 Å². The molecule has 1 aromatic carbocycles. The summed E-state index contributed by atoms with van der Waals surface area (Å²) in [5.41, 5.74) is 0.690. The van der Waals surface area contributed by atoms with Crippen LogP contribution in [0, 0.1) is 0 Å². The molecule has 1 amide bonds. The summed E-state index contributed by atoms with van der Waals surface area (Å²) in [5.74, 6) is 0.803. The third-order valence-corrected chi connectivity index (χ3v) is 4.87. The number of carbonyl (C=O) groups excluding carboxylic acids is 1. The summed E-state index contributed by atoms with van der Waals surface area (Å²) in [6, 6.07) is 7.59. The van der Waals surface area contributed by atoms with E-state index in [4.69, 9.17) is 9.47 Å². The third-order valence-electron chi connectivity index (χ3n) is 4.87. The molecule has 6 nitrogen and oxygen atoms in total. The van der Waals surface area contributed by atoms with Gasteiger partial charge in [0.2, 0.25) is 0 Å². The van der Waals surface area contributed by atoms with Crippen LogP contribution in [0.15, 0.2) is 24.3 Å². The number of likely N-dealkylation sites (tertiary alicyclic amines) is 1. The Balaban J connectivity index is 1.40. The van der Waals surface area contributed by atoms with Crippen molar-refractivity contribution in [1.29, 1.82) is 0 Å². The van der Waals surface area contributed by atoms with Gasteiger partial charge >= 0.3 is 0 Å². The molecule has 0 unspecified atom stereocenters. The summed E-state index contributed by atoms with van der Waals surface area (Å²) >= 11 is 0. The smallest absolute Gasteiger partial charge is 0.251 e. The van der Waals surface area contributed by atoms with Crippen molar-refractivity contribution in [3.05, 3.63) is 29.8 Å². The lowest BCUT2D eigenvalue weighted by molar-refractivity contribution is 0.0343. The van der Waals surface area contributed by atoms with Gasteiger partial charge in [-0.2, -0.15) is 0 Å². The molecule has 3 rings (SSSR count). The van der Waals surface area contributed by atoms with Gasteiger partial charge in [0, 0.05) is 50.9 Å². The van der Waals surface area contributed by atoms with E-state index in [1.165, 1.54) is 0 Å². The molecule has 1 aromatic rings. The molecule has 6 heteroatoms. The van der Waals surface area contributed by atoms with E-state index >= 15 is 0 Å². The van der Waals surface area contributed by atoms with Crippen LogP contribution < -0.4 is 10.1 Å². The van der Waals surface area contributed by atoms with Crippen molar-refractivity contribution in [2.24, 2.45) is 0 Å². The third kappa shape index (κ3) is 5.42. The lowest BCUT2D eigenvalue weighted by atomic mass is 10.2. The molecule has 2 heterocycles. The van der Waals surface area contributed by atoms with Crippen LogP contribution in [0.5, 0.6) is 5.75 Å². The predicted octanol–water partition coefficient (Wildman–Crippen LogP) is 1.22. The van der Waals surface area contributed by atoms with Gasteiger partial charge in [0.25, 0.3) is 5.91 Å². The minimum atomic E-state index is 0.00285. The fourth-order valence-corrected chi connectivity index (χ4v) is 3.40. The van der Waals surface area contributed by atoms with Crippen LogP contribution in [-0.2, 0) is 4.74 Å². The molecule has 2 aliphatic rings. The van der Waals surface area contributed by atoms with Crippen LogP contribution in [0.25, 0.3) is 0 Å². The number of nitrogens with one attached hydrogen (secondary N) is 1. The van der Waals surface area contributed by atoms with E-state index in [-0.39, 0.29) is 11.9 Å². The average molecular weight is 347 g/mol. The maximum atomic E-state index is 12.4. The Hall–Kier alpha value is -1.63. The molecular weight excluding hydrogens is 318 g/mol. The number of ether oxygens (including phenoxy) is 2. The summed E-state index contributed by atoms with van der Waals surface area (Å²) < 4.78 is 10.8. The zero-order valence-corrected chi connectivity index (χ0v) is 15.1. The minimum Gasteiger partial charge on any atom is -0.494 e. The van der Waals surface area contributed by atoms with E-state index in [9.17, 15) is 4.79 Å². The summed E-state index contributed by atoms with van der Waals surface area (Å²) in [4.78, 5) is 17.3. The molecule has 0 radical (unpaired) electrons. The standard InChI is InChI=1S/C19H29N3O3/c1-2-25-18-5-3-16(4-6-18)19(23)20-17-7-8-22(15-17)10-9-21-11-13-24-14-12-21/h3-6,17H,2,7-15H2,1H3,(H,20,23)/t17-/m0/s1. The van der Waals surface area contributed by atoms with Crippen LogP contribution >= 0.6 is 0 Å². The molecule has 2 saturated heterocycles. The fourth-order valence-electron chi connectivity index (χ4n) is 3.40. The summed E-state index contributed by atoms with van der Waals surface area (Å²) in [7, 11) is 0. The topological polar surface area (TPSA) is 54.0 Å². The molecule has 25 heavy (non-hydrogen) atoms. The van der Waals surface area contributed by atoms with Crippen LogP contribution in [0.3, 0.4) is 0 Å². The highest BCUT2D eigenvalue weighted by atomic mass is 16.5. The Bertz CT molecular complexity index is 543. The molecule has 2 fully saturated rings. The van der Waals surface area contributed by atoms with E-state index in [0.29, 0.717) is 12.2 Å². The monoisotopic (exact) mass is 347 g/mol. The summed E-state index contributed by atoms with van der Waals surface area (Å²) in [5, 5.41) is 3.16. The number of benzene rings is 1. The van der Waals surface area contributed by atoms with Gasteiger partial charge in [-0.05, 0) is 37.6 Å². The van der Waals surface area contributed by atoms with Crippen molar-refractivity contribution < 1.29 is 14.3 Å². The maximum absolute atomic E-state index is 12.4. The molecule has 0 saturated carbocycles. The molecular formula is C19H29N3O3. The second kappa shape index (κ2) is 9.17. The minimum absolute atomic E-state index is 0.00285. The highest BCUT2D eigenvalue weighted by molar-refractivity contribution is 5.94. The van der Waals surface area contributed by atoms with Gasteiger partial charge < -0.3 is 14.8 Å². The SMILES string of the molecule is CCOc1ccc(C(=O)N[C@H]2CCN(CCN3CCOCC3)C2)cc1. The van der Waals surface area contributed by atoms with Gasteiger partial charge in [0.15, 0.2) is 0 Å². The Labute approximate surface area is 150 Å². The van der Waals surface area contributed by atoms with E-state index < -0.39 is 0 Å². The molecule has 0 bridgehead atoms. The number of rotatable bonds is 7. The Morgan fingerprint density at radius 2 is 1.88 bits per heavy atom. The zero-order chi connectivity index (χ0) is 17.5. The van der Waals surface area contributed by atoms with Crippen molar-refractivity contribution in [1.82, 2.24) is 15.1 Å². The molecule has 0 spiro atoms. The Morgan fingerprint density at radius 1 is 1.16 bits per heavy atom. The predicted molar refractivity (Wildman–Crippen MR) is 97.2 cm³/mol. The lowest BCUT2D eigenvalue weighted by Crippen LogP contribution is -2.42. The molecule has 2 aliphatic heterocycles. The highest BCUT2D eigenvalue weighted by Gasteiger charge is 2.24. The van der Waals surface area contributed by atoms with Crippen molar-refractivity contribution in [3.63, 3.8) is 0 Å². The summed E-state index contributed by atoms with van der Waals surface area (Å²) in [6.45, 7) is 10.5. The van der Waals surface area contributed by atoms with E-state index in [0.717, 1.165) is 64.7 Å². The molecule has 1 N–H and O–H groups in total. The molecule has 138 valence electrons. The molecule has 1 atom stereocenters. The van der Waals surface area contributed by atoms with Crippen LogP contribution in [-0.4, -0.2) is 80.8 Å². The van der Waals surface area contributed by atoms with Crippen molar-refractivity contribution >= 4 is 5.91 Å². The normalized spacial score (nSPS) is 22.0. The molecule has 0 aromatic heterocycles. The first-order valence-corrected chi connectivity index (χ1v) is 9.31. The number of amides is 1.